The molecule has 0 bridgehead atoms. The van der Waals surface area contributed by atoms with E-state index in [2.05, 4.69) is 54.1 Å². The van der Waals surface area contributed by atoms with Crippen molar-refractivity contribution in [3.8, 4) is 0 Å². The summed E-state index contributed by atoms with van der Waals surface area (Å²) >= 11 is 0. The lowest BCUT2D eigenvalue weighted by atomic mass is 9.89. The van der Waals surface area contributed by atoms with E-state index in [9.17, 15) is 4.79 Å². The molecule has 2 heterocycles. The molecular weight excluding hydrogens is 531 g/mol. The number of aryl methyl sites for hydroxylation is 2. The van der Waals surface area contributed by atoms with Crippen LogP contribution in [-0.4, -0.2) is 44.7 Å². The van der Waals surface area contributed by atoms with E-state index in [0.29, 0.717) is 31.3 Å². The summed E-state index contributed by atoms with van der Waals surface area (Å²) in [6.07, 6.45) is 4.59. The molecule has 33 heavy (non-hydrogen) atoms. The first kappa shape index (κ1) is 27.2. The molecule has 1 saturated heterocycles. The van der Waals surface area contributed by atoms with Crippen molar-refractivity contribution in [1.29, 1.82) is 0 Å². The summed E-state index contributed by atoms with van der Waals surface area (Å²) in [5, 5.41) is 9.57. The molecule has 2 unspecified atom stereocenters. The van der Waals surface area contributed by atoms with Crippen LogP contribution >= 0.6 is 24.0 Å². The van der Waals surface area contributed by atoms with Gasteiger partial charge in [0.1, 0.15) is 0 Å². The van der Waals surface area contributed by atoms with Crippen molar-refractivity contribution in [2.24, 2.45) is 10.9 Å². The zero-order valence-corrected chi connectivity index (χ0v) is 22.2. The highest BCUT2D eigenvalue weighted by Gasteiger charge is 2.27. The van der Waals surface area contributed by atoms with Gasteiger partial charge in [-0.05, 0) is 51.7 Å². The van der Waals surface area contributed by atoms with Gasteiger partial charge >= 0.3 is 0 Å². The Kier molecular flexibility index (Phi) is 11.7. The summed E-state index contributed by atoms with van der Waals surface area (Å²) in [6, 6.07) is 10.4. The van der Waals surface area contributed by atoms with E-state index in [1.54, 1.807) is 6.07 Å². The van der Waals surface area contributed by atoms with Crippen LogP contribution in [0.5, 0.6) is 0 Å². The topological polar surface area (TPSA) is 87.9 Å². The smallest absolute Gasteiger partial charge is 0.287 e. The van der Waals surface area contributed by atoms with E-state index in [0.717, 1.165) is 43.9 Å². The number of carbonyl (C=O) groups excluding carboxylic acids is 1. The van der Waals surface area contributed by atoms with E-state index in [1.807, 2.05) is 6.92 Å². The number of rotatable bonds is 9. The first-order valence-electron chi connectivity index (χ1n) is 11.6. The predicted molar refractivity (Wildman–Crippen MR) is 142 cm³/mol. The number of amides is 1. The molecule has 1 aromatic carbocycles. The number of guanidine groups is 1. The van der Waals surface area contributed by atoms with Crippen molar-refractivity contribution >= 4 is 35.8 Å². The van der Waals surface area contributed by atoms with Gasteiger partial charge in [-0.3, -0.25) is 9.79 Å². The van der Waals surface area contributed by atoms with Gasteiger partial charge in [-0.25, -0.2) is 0 Å². The van der Waals surface area contributed by atoms with Crippen LogP contribution in [0.15, 0.2) is 46.0 Å². The fraction of sp³-hybridized carbons (Fsp3) is 0.520. The van der Waals surface area contributed by atoms with E-state index < -0.39 is 0 Å². The molecule has 8 heteroatoms. The molecule has 3 N–H and O–H groups in total. The lowest BCUT2D eigenvalue weighted by Crippen LogP contribution is -2.39. The van der Waals surface area contributed by atoms with Gasteiger partial charge < -0.3 is 25.1 Å². The zero-order chi connectivity index (χ0) is 22.8. The maximum Gasteiger partial charge on any atom is 0.287 e. The van der Waals surface area contributed by atoms with Crippen molar-refractivity contribution in [2.75, 3.05) is 32.8 Å². The van der Waals surface area contributed by atoms with Crippen molar-refractivity contribution in [3.63, 3.8) is 0 Å². The van der Waals surface area contributed by atoms with Gasteiger partial charge in [0.15, 0.2) is 11.7 Å². The molecule has 1 amide bonds. The van der Waals surface area contributed by atoms with Crippen molar-refractivity contribution in [2.45, 2.75) is 46.1 Å². The van der Waals surface area contributed by atoms with Gasteiger partial charge in [-0.15, -0.1) is 24.0 Å². The first-order valence-corrected chi connectivity index (χ1v) is 11.6. The van der Waals surface area contributed by atoms with Crippen LogP contribution in [0.25, 0.3) is 0 Å². The number of furan rings is 1. The Morgan fingerprint density at radius 1 is 1.09 bits per heavy atom. The van der Waals surface area contributed by atoms with Gasteiger partial charge in [0.25, 0.3) is 5.91 Å². The Balaban J connectivity index is 0.00000385. The summed E-state index contributed by atoms with van der Waals surface area (Å²) in [7, 11) is 0. The second-order valence-electron chi connectivity index (χ2n) is 8.29. The van der Waals surface area contributed by atoms with Crippen LogP contribution < -0.4 is 16.0 Å². The van der Waals surface area contributed by atoms with E-state index in [-0.39, 0.29) is 36.0 Å². The molecule has 0 spiro atoms. The Labute approximate surface area is 214 Å². The molecule has 7 nitrogen and oxygen atoms in total. The van der Waals surface area contributed by atoms with E-state index >= 15 is 0 Å². The highest BCUT2D eigenvalue weighted by atomic mass is 127. The lowest BCUT2D eigenvalue weighted by molar-refractivity contribution is -0.0250. The van der Waals surface area contributed by atoms with Crippen LogP contribution in [0.1, 0.15) is 59.5 Å². The minimum Gasteiger partial charge on any atom is -0.459 e. The van der Waals surface area contributed by atoms with Crippen LogP contribution in [0.3, 0.4) is 0 Å². The normalized spacial score (nSPS) is 18.3. The number of aliphatic imine (C=N–C) groups is 1. The van der Waals surface area contributed by atoms with E-state index in [1.165, 1.54) is 17.4 Å². The third-order valence-corrected chi connectivity index (χ3v) is 5.68. The summed E-state index contributed by atoms with van der Waals surface area (Å²) in [4.78, 5) is 16.9. The minimum atomic E-state index is -0.174. The fourth-order valence-corrected chi connectivity index (χ4v) is 3.89. The van der Waals surface area contributed by atoms with Gasteiger partial charge in [-0.1, -0.05) is 29.8 Å². The lowest BCUT2D eigenvalue weighted by Gasteiger charge is -2.31. The van der Waals surface area contributed by atoms with Crippen LogP contribution in [-0.2, 0) is 4.74 Å². The highest BCUT2D eigenvalue weighted by molar-refractivity contribution is 14.0. The zero-order valence-electron chi connectivity index (χ0n) is 19.9. The molecular formula is C25H37IN4O3. The molecule has 1 fully saturated rings. The van der Waals surface area contributed by atoms with Crippen LogP contribution in [0.4, 0.5) is 0 Å². The summed E-state index contributed by atoms with van der Waals surface area (Å²) in [5.41, 5.74) is 3.34. The highest BCUT2D eigenvalue weighted by Crippen LogP contribution is 2.33. The van der Waals surface area contributed by atoms with Gasteiger partial charge in [0.2, 0.25) is 0 Å². The van der Waals surface area contributed by atoms with Gasteiger partial charge in [0.05, 0.1) is 12.4 Å². The maximum atomic E-state index is 12.1. The Morgan fingerprint density at radius 2 is 1.85 bits per heavy atom. The average Bonchev–Trinajstić information content (AvgIpc) is 3.24. The Morgan fingerprint density at radius 3 is 2.55 bits per heavy atom. The number of benzene rings is 1. The third-order valence-electron chi connectivity index (χ3n) is 5.68. The molecule has 1 aliphatic rings. The number of ether oxygens (including phenoxy) is 1. The van der Waals surface area contributed by atoms with Gasteiger partial charge in [-0.2, -0.15) is 0 Å². The monoisotopic (exact) mass is 568 g/mol. The SMILES string of the molecule is CCNC(=NCC1CCCOC1c1ccc(C)cc1)NCCCNC(=O)c1occc1C.I. The number of hydrogen-bond acceptors (Lipinski definition) is 4. The van der Waals surface area contributed by atoms with Crippen LogP contribution in [0.2, 0.25) is 0 Å². The molecule has 182 valence electrons. The molecule has 2 aromatic rings. The summed E-state index contributed by atoms with van der Waals surface area (Å²) < 4.78 is 11.3. The maximum absolute atomic E-state index is 12.1. The number of hydrogen-bond donors (Lipinski definition) is 3. The van der Waals surface area contributed by atoms with Crippen LogP contribution in [0, 0.1) is 19.8 Å². The number of halogens is 1. The molecule has 2 atom stereocenters. The molecule has 0 saturated carbocycles. The molecule has 1 aliphatic heterocycles. The average molecular weight is 569 g/mol. The summed E-state index contributed by atoms with van der Waals surface area (Å²) in [6.45, 7) is 9.61. The van der Waals surface area contributed by atoms with Crippen molar-refractivity contribution in [1.82, 2.24) is 16.0 Å². The fourth-order valence-electron chi connectivity index (χ4n) is 3.89. The van der Waals surface area contributed by atoms with E-state index in [4.69, 9.17) is 14.1 Å². The molecule has 0 radical (unpaired) electrons. The Bertz CT molecular complexity index is 882. The third kappa shape index (κ3) is 8.33. The second-order valence-corrected chi connectivity index (χ2v) is 8.29. The predicted octanol–water partition coefficient (Wildman–Crippen LogP) is 4.36. The second kappa shape index (κ2) is 14.2. The standard InChI is InChI=1S/C25H36N4O3.HI/c1-4-26-25(28-14-6-13-27-24(30)22-19(3)12-16-32-22)29-17-21-7-5-15-31-23(21)20-10-8-18(2)9-11-20;/h8-12,16,21,23H,4-7,13-15,17H2,1-3H3,(H,27,30)(H2,26,28,29);1H. The number of nitrogens with zero attached hydrogens (tertiary/aromatic N) is 1. The van der Waals surface area contributed by atoms with Crippen molar-refractivity contribution < 1.29 is 13.9 Å². The molecule has 3 rings (SSSR count). The quantitative estimate of drug-likeness (QED) is 0.181. The van der Waals surface area contributed by atoms with Crippen molar-refractivity contribution in [3.05, 3.63) is 59.0 Å². The number of nitrogens with one attached hydrogen (secondary N) is 3. The largest absolute Gasteiger partial charge is 0.459 e. The summed E-state index contributed by atoms with van der Waals surface area (Å²) in [5.74, 6) is 1.37. The van der Waals surface area contributed by atoms with Gasteiger partial charge in [0, 0.05) is 44.3 Å². The first-order chi connectivity index (χ1) is 15.6. The number of carbonyl (C=O) groups is 1. The molecule has 1 aromatic heterocycles. The minimum absolute atomic E-state index is 0. The Hall–Kier alpha value is -2.07. The molecule has 0 aliphatic carbocycles.